The van der Waals surface area contributed by atoms with Crippen LogP contribution in [-0.4, -0.2) is 30.8 Å². The van der Waals surface area contributed by atoms with E-state index < -0.39 is 0 Å². The van der Waals surface area contributed by atoms with Crippen molar-refractivity contribution >= 4 is 17.4 Å². The number of nitrogens with one attached hydrogen (secondary N) is 2. The highest BCUT2D eigenvalue weighted by Crippen LogP contribution is 2.03. The molecule has 0 fully saturated rings. The minimum absolute atomic E-state index is 0.364. The van der Waals surface area contributed by atoms with Crippen LogP contribution in [0.25, 0.3) is 0 Å². The molecule has 0 aliphatic rings. The molecule has 0 saturated carbocycles. The second-order valence-corrected chi connectivity index (χ2v) is 3.76. The lowest BCUT2D eigenvalue weighted by Crippen LogP contribution is -2.31. The van der Waals surface area contributed by atoms with Gasteiger partial charge in [0, 0.05) is 30.7 Å². The second kappa shape index (κ2) is 7.19. The summed E-state index contributed by atoms with van der Waals surface area (Å²) in [6, 6.07) is 0. The van der Waals surface area contributed by atoms with E-state index in [2.05, 4.69) is 15.6 Å². The van der Waals surface area contributed by atoms with Crippen molar-refractivity contribution in [2.24, 2.45) is 0 Å². The van der Waals surface area contributed by atoms with Crippen molar-refractivity contribution in [3.05, 3.63) is 16.6 Å². The Morgan fingerprint density at radius 1 is 1.60 bits per heavy atom. The molecular formula is C9H15N3O2S. The average molecular weight is 229 g/mol. The van der Waals surface area contributed by atoms with Gasteiger partial charge in [0.2, 0.25) is 0 Å². The summed E-state index contributed by atoms with van der Waals surface area (Å²) >= 11 is 1.61. The minimum atomic E-state index is -0.364. The number of nitrogens with zero attached hydrogens (tertiary/aromatic N) is 1. The van der Waals surface area contributed by atoms with Crippen LogP contribution in [0.4, 0.5) is 4.79 Å². The van der Waals surface area contributed by atoms with Gasteiger partial charge in [-0.15, -0.1) is 11.3 Å². The standard InChI is InChI=1S/C9H15N3O2S/c1-2-14-9(13)12-4-3-10-5-8-6-11-7-15-8/h6-7,10H,2-5H2,1H3,(H,12,13). The molecule has 6 heteroatoms. The first-order valence-electron chi connectivity index (χ1n) is 4.81. The number of hydrogen-bond donors (Lipinski definition) is 2. The van der Waals surface area contributed by atoms with Crippen LogP contribution in [-0.2, 0) is 11.3 Å². The molecule has 15 heavy (non-hydrogen) atoms. The lowest BCUT2D eigenvalue weighted by molar-refractivity contribution is 0.152. The fraction of sp³-hybridized carbons (Fsp3) is 0.556. The Morgan fingerprint density at radius 2 is 2.47 bits per heavy atom. The summed E-state index contributed by atoms with van der Waals surface area (Å²) in [5.74, 6) is 0. The van der Waals surface area contributed by atoms with E-state index in [9.17, 15) is 4.79 Å². The molecule has 0 spiro atoms. The van der Waals surface area contributed by atoms with Gasteiger partial charge in [-0.1, -0.05) is 0 Å². The molecule has 1 aromatic heterocycles. The number of hydrogen-bond acceptors (Lipinski definition) is 5. The lowest BCUT2D eigenvalue weighted by atomic mass is 10.5. The molecule has 0 aromatic carbocycles. The Morgan fingerprint density at radius 3 is 3.13 bits per heavy atom. The van der Waals surface area contributed by atoms with Gasteiger partial charge in [-0.05, 0) is 6.92 Å². The molecule has 0 saturated heterocycles. The summed E-state index contributed by atoms with van der Waals surface area (Å²) in [5.41, 5.74) is 1.80. The monoisotopic (exact) mass is 229 g/mol. The number of rotatable bonds is 6. The van der Waals surface area contributed by atoms with E-state index in [1.807, 2.05) is 6.20 Å². The zero-order valence-electron chi connectivity index (χ0n) is 8.66. The van der Waals surface area contributed by atoms with E-state index in [-0.39, 0.29) is 6.09 Å². The topological polar surface area (TPSA) is 63.2 Å². The molecule has 0 radical (unpaired) electrons. The molecule has 1 amide bonds. The first kappa shape index (κ1) is 11.9. The third-order valence-corrected chi connectivity index (χ3v) is 2.41. The largest absolute Gasteiger partial charge is 0.450 e. The van der Waals surface area contributed by atoms with Crippen LogP contribution < -0.4 is 10.6 Å². The van der Waals surface area contributed by atoms with E-state index in [0.717, 1.165) is 13.1 Å². The van der Waals surface area contributed by atoms with Crippen molar-refractivity contribution in [3.8, 4) is 0 Å². The maximum absolute atomic E-state index is 10.9. The summed E-state index contributed by atoms with van der Waals surface area (Å²) in [5, 5.41) is 5.81. The molecule has 84 valence electrons. The van der Waals surface area contributed by atoms with Crippen LogP contribution in [0, 0.1) is 0 Å². The highest BCUT2D eigenvalue weighted by atomic mass is 32.1. The third kappa shape index (κ3) is 5.34. The van der Waals surface area contributed by atoms with Crippen molar-refractivity contribution in [2.75, 3.05) is 19.7 Å². The van der Waals surface area contributed by atoms with Gasteiger partial charge in [0.15, 0.2) is 0 Å². The summed E-state index contributed by atoms with van der Waals surface area (Å²) in [4.78, 5) is 16.0. The normalized spacial score (nSPS) is 9.93. The highest BCUT2D eigenvalue weighted by molar-refractivity contribution is 7.09. The van der Waals surface area contributed by atoms with Gasteiger partial charge in [0.25, 0.3) is 0 Å². The number of carbonyl (C=O) groups is 1. The number of aromatic nitrogens is 1. The van der Waals surface area contributed by atoms with Crippen LogP contribution in [0.2, 0.25) is 0 Å². The van der Waals surface area contributed by atoms with E-state index in [4.69, 9.17) is 4.74 Å². The Balaban J connectivity index is 1.95. The van der Waals surface area contributed by atoms with Crippen molar-refractivity contribution in [3.63, 3.8) is 0 Å². The summed E-state index contributed by atoms with van der Waals surface area (Å²) < 4.78 is 4.71. The fourth-order valence-electron chi connectivity index (χ4n) is 0.976. The molecule has 0 aliphatic carbocycles. The zero-order valence-corrected chi connectivity index (χ0v) is 9.47. The molecular weight excluding hydrogens is 214 g/mol. The third-order valence-electron chi connectivity index (χ3n) is 1.63. The van der Waals surface area contributed by atoms with Gasteiger partial charge < -0.3 is 15.4 Å². The molecule has 2 N–H and O–H groups in total. The molecule has 0 aliphatic heterocycles. The van der Waals surface area contributed by atoms with Crippen molar-refractivity contribution < 1.29 is 9.53 Å². The first-order chi connectivity index (χ1) is 7.33. The summed E-state index contributed by atoms with van der Waals surface area (Å²) in [7, 11) is 0. The predicted octanol–water partition coefficient (Wildman–Crippen LogP) is 0.979. The average Bonchev–Trinajstić information content (AvgIpc) is 2.70. The van der Waals surface area contributed by atoms with Gasteiger partial charge in [-0.2, -0.15) is 0 Å². The van der Waals surface area contributed by atoms with Gasteiger partial charge in [0.1, 0.15) is 0 Å². The van der Waals surface area contributed by atoms with E-state index in [1.165, 1.54) is 4.88 Å². The maximum atomic E-state index is 10.9. The van der Waals surface area contributed by atoms with Gasteiger partial charge in [0.05, 0.1) is 12.1 Å². The van der Waals surface area contributed by atoms with Gasteiger partial charge >= 0.3 is 6.09 Å². The van der Waals surface area contributed by atoms with Crippen molar-refractivity contribution in [1.82, 2.24) is 15.6 Å². The van der Waals surface area contributed by atoms with Crippen LogP contribution >= 0.6 is 11.3 Å². The molecule has 1 aromatic rings. The predicted molar refractivity (Wildman–Crippen MR) is 58.8 cm³/mol. The van der Waals surface area contributed by atoms with E-state index in [1.54, 1.807) is 23.8 Å². The van der Waals surface area contributed by atoms with Crippen LogP contribution in [0.5, 0.6) is 0 Å². The van der Waals surface area contributed by atoms with Crippen molar-refractivity contribution in [2.45, 2.75) is 13.5 Å². The fourth-order valence-corrected chi connectivity index (χ4v) is 1.54. The molecule has 5 nitrogen and oxygen atoms in total. The molecule has 0 atom stereocenters. The Bertz CT molecular complexity index is 277. The molecule has 1 heterocycles. The zero-order chi connectivity index (χ0) is 10.9. The van der Waals surface area contributed by atoms with Crippen LogP contribution in [0.3, 0.4) is 0 Å². The quantitative estimate of drug-likeness (QED) is 0.714. The summed E-state index contributed by atoms with van der Waals surface area (Å²) in [6.45, 7) is 4.26. The molecule has 0 bridgehead atoms. The number of carbonyl (C=O) groups excluding carboxylic acids is 1. The SMILES string of the molecule is CCOC(=O)NCCNCc1cncs1. The number of thiazole rings is 1. The molecule has 0 unspecified atom stereocenters. The molecule has 1 rings (SSSR count). The Labute approximate surface area is 92.9 Å². The highest BCUT2D eigenvalue weighted by Gasteiger charge is 1.98. The van der Waals surface area contributed by atoms with Crippen molar-refractivity contribution in [1.29, 1.82) is 0 Å². The smallest absolute Gasteiger partial charge is 0.407 e. The number of amides is 1. The summed E-state index contributed by atoms with van der Waals surface area (Å²) in [6.07, 6.45) is 1.47. The first-order valence-corrected chi connectivity index (χ1v) is 5.69. The lowest BCUT2D eigenvalue weighted by Gasteiger charge is -2.05. The van der Waals surface area contributed by atoms with Gasteiger partial charge in [-0.3, -0.25) is 4.98 Å². The van der Waals surface area contributed by atoms with E-state index >= 15 is 0 Å². The number of alkyl carbamates (subject to hydrolysis) is 1. The van der Waals surface area contributed by atoms with Crippen LogP contribution in [0.1, 0.15) is 11.8 Å². The Hall–Kier alpha value is -1.14. The Kier molecular flexibility index (Phi) is 5.72. The van der Waals surface area contributed by atoms with Gasteiger partial charge in [-0.25, -0.2) is 4.79 Å². The maximum Gasteiger partial charge on any atom is 0.407 e. The minimum Gasteiger partial charge on any atom is -0.450 e. The van der Waals surface area contributed by atoms with E-state index in [0.29, 0.717) is 13.2 Å². The second-order valence-electron chi connectivity index (χ2n) is 2.79. The number of ether oxygens (including phenoxy) is 1. The van der Waals surface area contributed by atoms with Crippen LogP contribution in [0.15, 0.2) is 11.7 Å².